The molecular formula is C22H29Cl2N3O4. The van der Waals surface area contributed by atoms with Gasteiger partial charge in [-0.2, -0.15) is 0 Å². The minimum absolute atomic E-state index is 0.119. The van der Waals surface area contributed by atoms with E-state index in [1.807, 2.05) is 20.8 Å². The van der Waals surface area contributed by atoms with Crippen molar-refractivity contribution in [3.8, 4) is 11.4 Å². The summed E-state index contributed by atoms with van der Waals surface area (Å²) in [5.41, 5.74) is 1.30. The third-order valence-electron chi connectivity index (χ3n) is 4.62. The molecule has 0 aliphatic heterocycles. The second-order valence-corrected chi connectivity index (χ2v) is 8.75. The average molecular weight is 470 g/mol. The Morgan fingerprint density at radius 3 is 2.45 bits per heavy atom. The highest BCUT2D eigenvalue weighted by atomic mass is 35.5. The maximum atomic E-state index is 12.5. The molecule has 7 nitrogen and oxygen atoms in total. The number of ether oxygens (including phenoxy) is 1. The average Bonchev–Trinajstić information content (AvgIpc) is 3.14. The van der Waals surface area contributed by atoms with Gasteiger partial charge in [-0.05, 0) is 37.0 Å². The highest BCUT2D eigenvalue weighted by Gasteiger charge is 2.28. The smallest absolute Gasteiger partial charge is 0.323 e. The summed E-state index contributed by atoms with van der Waals surface area (Å²) in [5.74, 6) is -0.761. The van der Waals surface area contributed by atoms with Gasteiger partial charge in [0.05, 0.1) is 6.61 Å². The predicted octanol–water partition coefficient (Wildman–Crippen LogP) is 4.73. The Labute approximate surface area is 192 Å². The van der Waals surface area contributed by atoms with Gasteiger partial charge in [-0.1, -0.05) is 50.4 Å². The Hall–Kier alpha value is -2.09. The van der Waals surface area contributed by atoms with E-state index in [4.69, 9.17) is 27.9 Å². The summed E-state index contributed by atoms with van der Waals surface area (Å²) in [5, 5.41) is 13.6. The number of aromatic amines is 1. The molecule has 0 saturated heterocycles. The number of carbonyl (C=O) groups is 2. The maximum absolute atomic E-state index is 12.5. The third-order valence-corrected chi connectivity index (χ3v) is 5.06. The van der Waals surface area contributed by atoms with E-state index in [1.54, 1.807) is 24.4 Å². The number of unbranched alkanes of at least 4 members (excludes halogenated alkanes) is 1. The number of imidazole rings is 1. The Balaban J connectivity index is 2.13. The normalized spacial score (nSPS) is 13.2. The number of carboxylic acid groups (broad SMARTS) is 1. The van der Waals surface area contributed by atoms with Gasteiger partial charge in [0.1, 0.15) is 17.9 Å². The number of hydrogen-bond donors (Lipinski definition) is 3. The van der Waals surface area contributed by atoms with Crippen molar-refractivity contribution in [1.82, 2.24) is 15.3 Å². The second kappa shape index (κ2) is 12.1. The van der Waals surface area contributed by atoms with Crippen LogP contribution < -0.4 is 5.32 Å². The van der Waals surface area contributed by atoms with Crippen molar-refractivity contribution in [1.29, 1.82) is 0 Å². The van der Waals surface area contributed by atoms with Crippen molar-refractivity contribution in [2.45, 2.75) is 58.5 Å². The monoisotopic (exact) mass is 469 g/mol. The number of nitrogens with one attached hydrogen (secondary N) is 2. The van der Waals surface area contributed by atoms with Gasteiger partial charge >= 0.3 is 11.9 Å². The van der Waals surface area contributed by atoms with E-state index in [0.29, 0.717) is 40.2 Å². The summed E-state index contributed by atoms with van der Waals surface area (Å²) in [4.78, 5) is 31.8. The molecule has 0 amide bonds. The van der Waals surface area contributed by atoms with Crippen LogP contribution in [-0.2, 0) is 20.7 Å². The number of carbonyl (C=O) groups excluding carboxylic acids is 1. The minimum Gasteiger partial charge on any atom is -0.480 e. The van der Waals surface area contributed by atoms with Gasteiger partial charge in [-0.15, -0.1) is 0 Å². The second-order valence-electron chi connectivity index (χ2n) is 7.88. The first-order valence-corrected chi connectivity index (χ1v) is 11.1. The number of hydrogen-bond acceptors (Lipinski definition) is 5. The zero-order chi connectivity index (χ0) is 23.0. The van der Waals surface area contributed by atoms with Crippen molar-refractivity contribution in [3.05, 3.63) is 40.1 Å². The van der Waals surface area contributed by atoms with Crippen molar-refractivity contribution in [3.63, 3.8) is 0 Å². The van der Waals surface area contributed by atoms with E-state index in [1.165, 1.54) is 0 Å². The molecule has 170 valence electrons. The van der Waals surface area contributed by atoms with Crippen molar-refractivity contribution in [2.75, 3.05) is 6.61 Å². The summed E-state index contributed by atoms with van der Waals surface area (Å²) < 4.78 is 5.32. The molecule has 0 spiro atoms. The molecule has 2 rings (SSSR count). The van der Waals surface area contributed by atoms with E-state index in [9.17, 15) is 14.7 Å². The van der Waals surface area contributed by atoms with E-state index >= 15 is 0 Å². The molecule has 0 aliphatic carbocycles. The highest BCUT2D eigenvalue weighted by Crippen LogP contribution is 2.25. The molecule has 0 aliphatic rings. The summed E-state index contributed by atoms with van der Waals surface area (Å²) in [6.07, 6.45) is 3.84. The lowest BCUT2D eigenvalue weighted by molar-refractivity contribution is -0.148. The third kappa shape index (κ3) is 8.16. The van der Waals surface area contributed by atoms with Crippen LogP contribution in [0, 0.1) is 5.92 Å². The van der Waals surface area contributed by atoms with Crippen LogP contribution in [0.4, 0.5) is 0 Å². The maximum Gasteiger partial charge on any atom is 0.323 e. The fourth-order valence-corrected chi connectivity index (χ4v) is 3.63. The summed E-state index contributed by atoms with van der Waals surface area (Å²) in [7, 11) is 0. The van der Waals surface area contributed by atoms with Crippen LogP contribution in [0.2, 0.25) is 10.0 Å². The number of rotatable bonds is 12. The summed E-state index contributed by atoms with van der Waals surface area (Å²) in [6.45, 7) is 6.28. The van der Waals surface area contributed by atoms with Crippen molar-refractivity contribution in [2.24, 2.45) is 5.92 Å². The van der Waals surface area contributed by atoms with Crippen LogP contribution in [0.15, 0.2) is 24.4 Å². The van der Waals surface area contributed by atoms with Gasteiger partial charge in [0.2, 0.25) is 0 Å². The molecular weight excluding hydrogens is 441 g/mol. The standard InChI is InChI=1S/C22H29Cl2N3O4/c1-4-5-6-31-22(30)19(7-13(2)3)27-18(21(28)29)11-17-12-25-20(26-17)14-8-15(23)10-16(24)9-14/h8-10,12-13,18-19,27H,4-7,11H2,1-3H3,(H,25,26)(H,28,29)/t18-,19-/m0/s1. The molecule has 1 heterocycles. The van der Waals surface area contributed by atoms with Crippen LogP contribution in [-0.4, -0.2) is 45.7 Å². The zero-order valence-corrected chi connectivity index (χ0v) is 19.5. The SMILES string of the molecule is CCCCOC(=O)[C@H](CC(C)C)N[C@@H](Cc1cnc(-c2cc(Cl)cc(Cl)c2)[nH]1)C(=O)O. The topological polar surface area (TPSA) is 104 Å². The number of aliphatic carboxylic acids is 1. The van der Waals surface area contributed by atoms with Gasteiger partial charge in [0.25, 0.3) is 0 Å². The number of carboxylic acids is 1. The Bertz CT molecular complexity index is 865. The highest BCUT2D eigenvalue weighted by molar-refractivity contribution is 6.35. The largest absolute Gasteiger partial charge is 0.480 e. The molecule has 0 radical (unpaired) electrons. The van der Waals surface area contributed by atoms with Crippen LogP contribution in [0.25, 0.3) is 11.4 Å². The summed E-state index contributed by atoms with van der Waals surface area (Å²) >= 11 is 12.1. The number of halogens is 2. The van der Waals surface area contributed by atoms with Crippen LogP contribution >= 0.6 is 23.2 Å². The summed E-state index contributed by atoms with van der Waals surface area (Å²) in [6, 6.07) is 3.36. The first-order chi connectivity index (χ1) is 14.7. The molecule has 2 aromatic rings. The Morgan fingerprint density at radius 2 is 1.87 bits per heavy atom. The van der Waals surface area contributed by atoms with Crippen molar-refractivity contribution >= 4 is 35.1 Å². The Kier molecular flexibility index (Phi) is 9.81. The first-order valence-electron chi connectivity index (χ1n) is 10.3. The fourth-order valence-electron chi connectivity index (χ4n) is 3.10. The van der Waals surface area contributed by atoms with Crippen molar-refractivity contribution < 1.29 is 19.4 Å². The molecule has 1 aromatic carbocycles. The fraction of sp³-hybridized carbons (Fsp3) is 0.500. The molecule has 0 bridgehead atoms. The lowest BCUT2D eigenvalue weighted by Gasteiger charge is -2.23. The predicted molar refractivity (Wildman–Crippen MR) is 121 cm³/mol. The quantitative estimate of drug-likeness (QED) is 0.306. The van der Waals surface area contributed by atoms with E-state index in [2.05, 4.69) is 15.3 Å². The van der Waals surface area contributed by atoms with Gasteiger partial charge in [0, 0.05) is 33.9 Å². The first kappa shape index (κ1) is 25.2. The number of H-pyrrole nitrogens is 1. The Morgan fingerprint density at radius 1 is 1.19 bits per heavy atom. The molecule has 0 fully saturated rings. The van der Waals surface area contributed by atoms with Crippen LogP contribution in [0.5, 0.6) is 0 Å². The molecule has 9 heteroatoms. The van der Waals surface area contributed by atoms with Crippen LogP contribution in [0.3, 0.4) is 0 Å². The molecule has 0 saturated carbocycles. The molecule has 3 N–H and O–H groups in total. The zero-order valence-electron chi connectivity index (χ0n) is 18.0. The van der Waals surface area contributed by atoms with E-state index in [-0.39, 0.29) is 12.3 Å². The van der Waals surface area contributed by atoms with E-state index in [0.717, 1.165) is 12.8 Å². The van der Waals surface area contributed by atoms with E-state index < -0.39 is 24.0 Å². The molecule has 2 atom stereocenters. The molecule has 31 heavy (non-hydrogen) atoms. The molecule has 0 unspecified atom stereocenters. The van der Waals surface area contributed by atoms with Crippen LogP contribution in [0.1, 0.15) is 45.7 Å². The van der Waals surface area contributed by atoms with Gasteiger partial charge in [-0.25, -0.2) is 4.98 Å². The lowest BCUT2D eigenvalue weighted by atomic mass is 10.0. The van der Waals surface area contributed by atoms with Gasteiger partial charge < -0.3 is 14.8 Å². The number of aromatic nitrogens is 2. The van der Waals surface area contributed by atoms with Gasteiger partial charge in [-0.3, -0.25) is 14.9 Å². The lowest BCUT2D eigenvalue weighted by Crippen LogP contribution is -2.49. The number of nitrogens with zero attached hydrogens (tertiary/aromatic N) is 1. The minimum atomic E-state index is -1.06. The number of benzene rings is 1. The molecule has 1 aromatic heterocycles. The van der Waals surface area contributed by atoms with Gasteiger partial charge in [0.15, 0.2) is 0 Å². The number of esters is 1.